The van der Waals surface area contributed by atoms with Crippen molar-refractivity contribution in [3.63, 3.8) is 0 Å². The molecule has 0 spiro atoms. The third kappa shape index (κ3) is 4.71. The summed E-state index contributed by atoms with van der Waals surface area (Å²) in [6, 6.07) is 7.82. The third-order valence-corrected chi connectivity index (χ3v) is 2.58. The summed E-state index contributed by atoms with van der Waals surface area (Å²) in [5.41, 5.74) is 1.98. The second-order valence-electron chi connectivity index (χ2n) is 4.19. The van der Waals surface area contributed by atoms with E-state index in [0.717, 1.165) is 17.8 Å². The van der Waals surface area contributed by atoms with Gasteiger partial charge in [-0.25, -0.2) is 0 Å². The fourth-order valence-corrected chi connectivity index (χ4v) is 1.65. The summed E-state index contributed by atoms with van der Waals surface area (Å²) in [4.78, 5) is 13.4. The highest BCUT2D eigenvalue weighted by molar-refractivity contribution is 7.80. The van der Waals surface area contributed by atoms with Crippen LogP contribution in [0.2, 0.25) is 0 Å². The Bertz CT molecular complexity index is 415. The molecule has 98 valence electrons. The van der Waals surface area contributed by atoms with Gasteiger partial charge in [-0.3, -0.25) is 4.79 Å². The van der Waals surface area contributed by atoms with Gasteiger partial charge in [0.25, 0.3) is 0 Å². The topological polar surface area (TPSA) is 44.4 Å². The number of hydrogen-bond donors (Lipinski definition) is 2. The van der Waals surface area contributed by atoms with Crippen molar-refractivity contribution in [2.45, 2.75) is 19.8 Å². The average molecular weight is 265 g/mol. The summed E-state index contributed by atoms with van der Waals surface area (Å²) in [6.45, 7) is 1.95. The van der Waals surface area contributed by atoms with Crippen LogP contribution in [-0.2, 0) is 4.79 Å². The van der Waals surface area contributed by atoms with Crippen LogP contribution in [0.25, 0.3) is 0 Å². The van der Waals surface area contributed by atoms with Crippen molar-refractivity contribution in [1.29, 1.82) is 0 Å². The number of anilines is 2. The Balaban J connectivity index is 2.52. The molecule has 0 heterocycles. The molecule has 0 atom stereocenters. The van der Waals surface area contributed by atoms with E-state index >= 15 is 0 Å². The molecule has 0 saturated carbocycles. The predicted octanol–water partition coefficient (Wildman–Crippen LogP) is 2.37. The first-order chi connectivity index (χ1) is 8.52. The van der Waals surface area contributed by atoms with Crippen LogP contribution in [0.4, 0.5) is 11.4 Å². The van der Waals surface area contributed by atoms with E-state index in [0.29, 0.717) is 11.5 Å². The van der Waals surface area contributed by atoms with Crippen LogP contribution in [0.5, 0.6) is 0 Å². The highest BCUT2D eigenvalue weighted by Crippen LogP contribution is 2.15. The lowest BCUT2D eigenvalue weighted by Gasteiger charge is -2.14. The molecular weight excluding hydrogens is 246 g/mol. The van der Waals surface area contributed by atoms with Crippen molar-refractivity contribution in [2.75, 3.05) is 24.3 Å². The molecule has 4 nitrogen and oxygen atoms in total. The Morgan fingerprint density at radius 3 is 2.39 bits per heavy atom. The number of hydrogen-bond acceptors (Lipinski definition) is 3. The van der Waals surface area contributed by atoms with E-state index in [1.165, 1.54) is 0 Å². The molecule has 0 radical (unpaired) electrons. The number of nitrogens with zero attached hydrogens (tertiary/aromatic N) is 1. The fraction of sp³-hybridized carbons (Fsp3) is 0.385. The first-order valence-electron chi connectivity index (χ1n) is 5.91. The van der Waals surface area contributed by atoms with E-state index in [-0.39, 0.29) is 5.91 Å². The van der Waals surface area contributed by atoms with Crippen molar-refractivity contribution < 1.29 is 4.79 Å². The molecule has 1 amide bonds. The number of rotatable bonds is 4. The van der Waals surface area contributed by atoms with Gasteiger partial charge in [0.1, 0.15) is 0 Å². The van der Waals surface area contributed by atoms with Crippen LogP contribution in [0.3, 0.4) is 0 Å². The molecule has 2 N–H and O–H groups in total. The van der Waals surface area contributed by atoms with E-state index < -0.39 is 0 Å². The molecule has 0 aliphatic rings. The van der Waals surface area contributed by atoms with E-state index in [1.807, 2.05) is 50.2 Å². The number of carbonyl (C=O) groups excluding carboxylic acids is 1. The Kier molecular flexibility index (Phi) is 5.58. The van der Waals surface area contributed by atoms with Gasteiger partial charge in [-0.1, -0.05) is 6.92 Å². The monoisotopic (exact) mass is 265 g/mol. The van der Waals surface area contributed by atoms with Crippen molar-refractivity contribution >= 4 is 34.6 Å². The standard InChI is InChI=1S/C13H19N3OS/c1-4-5-12(17)15-13(18)14-10-6-8-11(9-7-10)16(2)3/h6-9H,4-5H2,1-3H3,(H2,14,15,17,18). The lowest BCUT2D eigenvalue weighted by molar-refractivity contribution is -0.119. The van der Waals surface area contributed by atoms with E-state index in [2.05, 4.69) is 10.6 Å². The first-order valence-corrected chi connectivity index (χ1v) is 6.32. The van der Waals surface area contributed by atoms with Gasteiger partial charge in [-0.05, 0) is 42.9 Å². The Morgan fingerprint density at radius 1 is 1.28 bits per heavy atom. The van der Waals surface area contributed by atoms with Gasteiger partial charge in [0.15, 0.2) is 5.11 Å². The normalized spacial score (nSPS) is 9.72. The molecule has 1 aromatic carbocycles. The Hall–Kier alpha value is -1.62. The second kappa shape index (κ2) is 6.96. The minimum absolute atomic E-state index is 0.0556. The van der Waals surface area contributed by atoms with Crippen molar-refractivity contribution in [2.24, 2.45) is 0 Å². The van der Waals surface area contributed by atoms with E-state index in [9.17, 15) is 4.79 Å². The second-order valence-corrected chi connectivity index (χ2v) is 4.60. The number of carbonyl (C=O) groups is 1. The summed E-state index contributed by atoms with van der Waals surface area (Å²) in [6.07, 6.45) is 1.30. The quantitative estimate of drug-likeness (QED) is 0.820. The van der Waals surface area contributed by atoms with Crippen LogP contribution in [0.15, 0.2) is 24.3 Å². The number of amides is 1. The first kappa shape index (κ1) is 14.4. The van der Waals surface area contributed by atoms with Gasteiger partial charge < -0.3 is 15.5 Å². The Morgan fingerprint density at radius 2 is 1.89 bits per heavy atom. The summed E-state index contributed by atoms with van der Waals surface area (Å²) in [5.74, 6) is -0.0556. The molecule has 0 fully saturated rings. The molecule has 0 bridgehead atoms. The largest absolute Gasteiger partial charge is 0.378 e. The summed E-state index contributed by atoms with van der Waals surface area (Å²) >= 11 is 5.06. The maximum absolute atomic E-state index is 11.3. The maximum atomic E-state index is 11.3. The predicted molar refractivity (Wildman–Crippen MR) is 80.0 cm³/mol. The lowest BCUT2D eigenvalue weighted by atomic mass is 10.2. The molecule has 0 aliphatic carbocycles. The van der Waals surface area contributed by atoms with Gasteiger partial charge in [0.05, 0.1) is 0 Å². The van der Waals surface area contributed by atoms with Crippen LogP contribution < -0.4 is 15.5 Å². The van der Waals surface area contributed by atoms with Crippen molar-refractivity contribution in [3.8, 4) is 0 Å². The van der Waals surface area contributed by atoms with Gasteiger partial charge in [0.2, 0.25) is 5.91 Å². The molecule has 1 aromatic rings. The minimum Gasteiger partial charge on any atom is -0.378 e. The van der Waals surface area contributed by atoms with Crippen LogP contribution in [-0.4, -0.2) is 25.1 Å². The van der Waals surface area contributed by atoms with E-state index in [4.69, 9.17) is 12.2 Å². The average Bonchev–Trinajstić information content (AvgIpc) is 2.29. The lowest BCUT2D eigenvalue weighted by Crippen LogP contribution is -2.33. The Labute approximate surface area is 113 Å². The number of nitrogens with one attached hydrogen (secondary N) is 2. The summed E-state index contributed by atoms with van der Waals surface area (Å²) in [7, 11) is 3.97. The molecule has 0 aromatic heterocycles. The molecule has 0 saturated heterocycles. The molecular formula is C13H19N3OS. The molecule has 5 heteroatoms. The van der Waals surface area contributed by atoms with Crippen molar-refractivity contribution in [1.82, 2.24) is 5.32 Å². The zero-order valence-electron chi connectivity index (χ0n) is 11.0. The third-order valence-electron chi connectivity index (χ3n) is 2.37. The van der Waals surface area contributed by atoms with Gasteiger partial charge in [0, 0.05) is 31.9 Å². The number of benzene rings is 1. The zero-order valence-corrected chi connectivity index (χ0v) is 11.8. The zero-order chi connectivity index (χ0) is 13.5. The van der Waals surface area contributed by atoms with Crippen LogP contribution >= 0.6 is 12.2 Å². The molecule has 18 heavy (non-hydrogen) atoms. The SMILES string of the molecule is CCCC(=O)NC(=S)Nc1ccc(N(C)C)cc1. The minimum atomic E-state index is -0.0556. The van der Waals surface area contributed by atoms with Gasteiger partial charge >= 0.3 is 0 Å². The van der Waals surface area contributed by atoms with E-state index in [1.54, 1.807) is 0 Å². The summed E-state index contributed by atoms with van der Waals surface area (Å²) in [5, 5.41) is 5.95. The van der Waals surface area contributed by atoms with Crippen molar-refractivity contribution in [3.05, 3.63) is 24.3 Å². The molecule has 0 aliphatic heterocycles. The highest BCUT2D eigenvalue weighted by atomic mass is 32.1. The maximum Gasteiger partial charge on any atom is 0.226 e. The smallest absolute Gasteiger partial charge is 0.226 e. The molecule has 1 rings (SSSR count). The highest BCUT2D eigenvalue weighted by Gasteiger charge is 2.03. The van der Waals surface area contributed by atoms with Crippen LogP contribution in [0.1, 0.15) is 19.8 Å². The number of thiocarbonyl (C=S) groups is 1. The summed E-state index contributed by atoms with van der Waals surface area (Å²) < 4.78 is 0. The van der Waals surface area contributed by atoms with Gasteiger partial charge in [-0.15, -0.1) is 0 Å². The fourth-order valence-electron chi connectivity index (χ4n) is 1.42. The molecule has 0 unspecified atom stereocenters. The van der Waals surface area contributed by atoms with Gasteiger partial charge in [-0.2, -0.15) is 0 Å². The van der Waals surface area contributed by atoms with Crippen LogP contribution in [0, 0.1) is 0 Å².